The molecule has 0 aliphatic carbocycles. The van der Waals surface area contributed by atoms with Crippen molar-refractivity contribution in [3.05, 3.63) is 17.9 Å². The highest BCUT2D eigenvalue weighted by Crippen LogP contribution is 2.29. The highest BCUT2D eigenvalue weighted by molar-refractivity contribution is 5.68. The molecule has 1 aliphatic rings. The summed E-state index contributed by atoms with van der Waals surface area (Å²) in [7, 11) is 0. The van der Waals surface area contributed by atoms with Crippen LogP contribution in [0.3, 0.4) is 0 Å². The number of likely N-dealkylation sites (tertiary alicyclic amines) is 1. The fourth-order valence-corrected chi connectivity index (χ4v) is 2.64. The average molecular weight is 295 g/mol. The molecule has 0 spiro atoms. The molecule has 21 heavy (non-hydrogen) atoms. The molecule has 1 aromatic carbocycles. The smallest absolute Gasteiger partial charge is 0.167 e. The van der Waals surface area contributed by atoms with Crippen molar-refractivity contribution in [1.29, 1.82) is 0 Å². The molecule has 118 valence electrons. The summed E-state index contributed by atoms with van der Waals surface area (Å²) in [6.45, 7) is 9.05. The van der Waals surface area contributed by atoms with Crippen LogP contribution in [-0.4, -0.2) is 36.7 Å². The molecule has 1 unspecified atom stereocenters. The fourth-order valence-electron chi connectivity index (χ4n) is 2.64. The summed E-state index contributed by atoms with van der Waals surface area (Å²) in [6.07, 6.45) is 2.48. The fraction of sp³-hybridized carbons (Fsp3) is 0.625. The van der Waals surface area contributed by atoms with Crippen LogP contribution < -0.4 is 15.8 Å². The van der Waals surface area contributed by atoms with Gasteiger partial charge in [0.1, 0.15) is 0 Å². The first-order valence-corrected chi connectivity index (χ1v) is 7.71. The molecule has 4 nitrogen and oxygen atoms in total. The van der Waals surface area contributed by atoms with Crippen molar-refractivity contribution in [2.45, 2.75) is 45.8 Å². The van der Waals surface area contributed by atoms with E-state index >= 15 is 0 Å². The Morgan fingerprint density at radius 1 is 1.29 bits per heavy atom. The van der Waals surface area contributed by atoms with Gasteiger partial charge in [0.2, 0.25) is 0 Å². The summed E-state index contributed by atoms with van der Waals surface area (Å²) in [5.74, 6) is -0.171. The van der Waals surface area contributed by atoms with Crippen molar-refractivity contribution in [2.24, 2.45) is 0 Å². The minimum absolute atomic E-state index is 0.0699. The lowest BCUT2D eigenvalue weighted by Crippen LogP contribution is -2.35. The lowest BCUT2D eigenvalue weighted by molar-refractivity contribution is 0.231. The number of hydrogen-bond donors (Lipinski definition) is 2. The predicted molar refractivity (Wildman–Crippen MR) is 85.3 cm³/mol. The second kappa shape index (κ2) is 6.98. The molecule has 1 aliphatic heterocycles. The Labute approximate surface area is 126 Å². The minimum atomic E-state index is -0.417. The first-order chi connectivity index (χ1) is 9.97. The lowest BCUT2D eigenvalue weighted by atomic mass is 10.2. The molecule has 1 atom stereocenters. The van der Waals surface area contributed by atoms with Gasteiger partial charge >= 0.3 is 0 Å². The highest BCUT2D eigenvalue weighted by atomic mass is 19.1. The van der Waals surface area contributed by atoms with E-state index in [1.54, 1.807) is 6.07 Å². The third-order valence-corrected chi connectivity index (χ3v) is 3.82. The Bertz CT molecular complexity index is 473. The maximum atomic E-state index is 13.8. The van der Waals surface area contributed by atoms with Crippen LogP contribution in [0.4, 0.5) is 15.8 Å². The maximum absolute atomic E-state index is 13.8. The zero-order chi connectivity index (χ0) is 15.4. The summed E-state index contributed by atoms with van der Waals surface area (Å²) >= 11 is 0. The van der Waals surface area contributed by atoms with Gasteiger partial charge in [0.15, 0.2) is 11.6 Å². The number of ether oxygens (including phenoxy) is 1. The second-order valence-electron chi connectivity index (χ2n) is 6.01. The van der Waals surface area contributed by atoms with E-state index in [1.807, 2.05) is 13.8 Å². The predicted octanol–water partition coefficient (Wildman–Crippen LogP) is 3.09. The summed E-state index contributed by atoms with van der Waals surface area (Å²) in [6, 6.07) is 3.41. The lowest BCUT2D eigenvalue weighted by Gasteiger charge is -2.25. The van der Waals surface area contributed by atoms with Crippen molar-refractivity contribution in [3.8, 4) is 5.75 Å². The van der Waals surface area contributed by atoms with E-state index in [4.69, 9.17) is 10.5 Å². The molecule has 0 aromatic heterocycles. The number of halogens is 1. The van der Waals surface area contributed by atoms with Crippen LogP contribution in [-0.2, 0) is 0 Å². The zero-order valence-electron chi connectivity index (χ0n) is 13.2. The number of nitrogens with one attached hydrogen (secondary N) is 1. The molecule has 1 aromatic rings. The van der Waals surface area contributed by atoms with Crippen molar-refractivity contribution < 1.29 is 9.13 Å². The molecular formula is C16H26FN3O. The normalized spacial score (nSPS) is 17.2. The van der Waals surface area contributed by atoms with E-state index in [1.165, 1.54) is 18.9 Å². The molecule has 3 N–H and O–H groups in total. The Balaban J connectivity index is 2.01. The Hall–Kier alpha value is -1.49. The summed E-state index contributed by atoms with van der Waals surface area (Å²) in [4.78, 5) is 2.46. The number of nitrogens with two attached hydrogens (primary N) is 1. The molecule has 2 rings (SSSR count). The van der Waals surface area contributed by atoms with Crippen molar-refractivity contribution in [1.82, 2.24) is 4.90 Å². The van der Waals surface area contributed by atoms with Crippen molar-refractivity contribution in [3.63, 3.8) is 0 Å². The molecule has 1 fully saturated rings. The number of anilines is 2. The van der Waals surface area contributed by atoms with Crippen molar-refractivity contribution in [2.75, 3.05) is 30.7 Å². The van der Waals surface area contributed by atoms with E-state index in [0.717, 1.165) is 25.3 Å². The van der Waals surface area contributed by atoms with Crippen LogP contribution in [0.25, 0.3) is 0 Å². The van der Waals surface area contributed by atoms with Gasteiger partial charge in [-0.2, -0.15) is 0 Å². The SMILES string of the molecule is CC(C)Oc1cc(NCC(C)N2CCCC2)c(N)cc1F. The van der Waals surface area contributed by atoms with E-state index < -0.39 is 5.82 Å². The van der Waals surface area contributed by atoms with Crippen LogP contribution in [0, 0.1) is 5.82 Å². The number of nitrogens with zero attached hydrogens (tertiary/aromatic N) is 1. The highest BCUT2D eigenvalue weighted by Gasteiger charge is 2.18. The van der Waals surface area contributed by atoms with Crippen LogP contribution in [0.2, 0.25) is 0 Å². The standard InChI is InChI=1S/C16H26FN3O/c1-11(2)21-16-9-15(14(18)8-13(16)17)19-10-12(3)20-6-4-5-7-20/h8-9,11-12,19H,4-7,10,18H2,1-3H3. The van der Waals surface area contributed by atoms with Crippen LogP contribution in [0.1, 0.15) is 33.6 Å². The molecule has 0 saturated carbocycles. The number of benzene rings is 1. The van der Waals surface area contributed by atoms with E-state index in [9.17, 15) is 4.39 Å². The molecule has 1 heterocycles. The largest absolute Gasteiger partial charge is 0.488 e. The van der Waals surface area contributed by atoms with E-state index in [2.05, 4.69) is 17.1 Å². The Morgan fingerprint density at radius 3 is 2.57 bits per heavy atom. The maximum Gasteiger partial charge on any atom is 0.167 e. The minimum Gasteiger partial charge on any atom is -0.488 e. The van der Waals surface area contributed by atoms with Gasteiger partial charge in [0, 0.05) is 24.7 Å². The first kappa shape index (κ1) is 15.9. The van der Waals surface area contributed by atoms with Gasteiger partial charge in [-0.25, -0.2) is 4.39 Å². The van der Waals surface area contributed by atoms with Crippen LogP contribution in [0.15, 0.2) is 12.1 Å². The molecule has 5 heteroatoms. The summed E-state index contributed by atoms with van der Waals surface area (Å²) in [5, 5.41) is 3.32. The third-order valence-electron chi connectivity index (χ3n) is 3.82. The number of nitrogen functional groups attached to an aromatic ring is 1. The molecule has 0 amide bonds. The molecular weight excluding hydrogens is 269 g/mol. The molecule has 0 radical (unpaired) electrons. The van der Waals surface area contributed by atoms with E-state index in [0.29, 0.717) is 11.7 Å². The third kappa shape index (κ3) is 4.24. The van der Waals surface area contributed by atoms with E-state index in [-0.39, 0.29) is 11.9 Å². The number of hydrogen-bond acceptors (Lipinski definition) is 4. The molecule has 0 bridgehead atoms. The molecule has 1 saturated heterocycles. The second-order valence-corrected chi connectivity index (χ2v) is 6.01. The van der Waals surface area contributed by atoms with Crippen LogP contribution in [0.5, 0.6) is 5.75 Å². The van der Waals surface area contributed by atoms with Crippen molar-refractivity contribution >= 4 is 11.4 Å². The zero-order valence-corrected chi connectivity index (χ0v) is 13.2. The summed E-state index contributed by atoms with van der Waals surface area (Å²) in [5.41, 5.74) is 7.04. The van der Waals surface area contributed by atoms with Crippen LogP contribution >= 0.6 is 0 Å². The first-order valence-electron chi connectivity index (χ1n) is 7.71. The topological polar surface area (TPSA) is 50.5 Å². The number of rotatable bonds is 6. The summed E-state index contributed by atoms with van der Waals surface area (Å²) < 4.78 is 19.3. The van der Waals surface area contributed by atoms with Gasteiger partial charge in [0.05, 0.1) is 17.5 Å². The Kier molecular flexibility index (Phi) is 5.28. The Morgan fingerprint density at radius 2 is 1.95 bits per heavy atom. The monoisotopic (exact) mass is 295 g/mol. The van der Waals surface area contributed by atoms with Gasteiger partial charge < -0.3 is 15.8 Å². The average Bonchev–Trinajstić information content (AvgIpc) is 2.93. The van der Waals surface area contributed by atoms with Gasteiger partial charge in [-0.05, 0) is 46.7 Å². The van der Waals surface area contributed by atoms with Gasteiger partial charge in [-0.3, -0.25) is 4.90 Å². The van der Waals surface area contributed by atoms with Gasteiger partial charge in [0.25, 0.3) is 0 Å². The van der Waals surface area contributed by atoms with Gasteiger partial charge in [-0.15, -0.1) is 0 Å². The van der Waals surface area contributed by atoms with Gasteiger partial charge in [-0.1, -0.05) is 0 Å². The quantitative estimate of drug-likeness (QED) is 0.792.